The summed E-state index contributed by atoms with van der Waals surface area (Å²) in [6, 6.07) is 5.87. The van der Waals surface area contributed by atoms with Gasteiger partial charge in [-0.3, -0.25) is 15.0 Å². The zero-order valence-electron chi connectivity index (χ0n) is 18.6. The van der Waals surface area contributed by atoms with Crippen LogP contribution in [0.1, 0.15) is 45.4 Å². The number of benzene rings is 1. The second-order valence-corrected chi connectivity index (χ2v) is 9.19. The lowest BCUT2D eigenvalue weighted by atomic mass is 9.97. The van der Waals surface area contributed by atoms with Crippen LogP contribution < -0.4 is 10.2 Å². The number of carbonyl (C=O) groups excluding carboxylic acids is 2. The Bertz CT molecular complexity index is 949. The summed E-state index contributed by atoms with van der Waals surface area (Å²) in [4.78, 5) is 31.5. The molecule has 2 amide bonds. The number of rotatable bonds is 6. The lowest BCUT2D eigenvalue weighted by molar-refractivity contribution is -0.134. The van der Waals surface area contributed by atoms with Crippen LogP contribution in [0.3, 0.4) is 0 Å². The maximum atomic E-state index is 12.6. The Labute approximate surface area is 192 Å². The van der Waals surface area contributed by atoms with Gasteiger partial charge in [0.15, 0.2) is 6.61 Å². The molecule has 1 N–H and O–H groups in total. The molecular weight excluding hydrogens is 428 g/mol. The monoisotopic (exact) mass is 458 g/mol. The average molecular weight is 459 g/mol. The van der Waals surface area contributed by atoms with Gasteiger partial charge < -0.3 is 14.4 Å². The molecule has 0 saturated carbocycles. The molecule has 0 unspecified atom stereocenters. The van der Waals surface area contributed by atoms with Crippen molar-refractivity contribution in [1.82, 2.24) is 20.3 Å². The third-order valence-corrected chi connectivity index (χ3v) is 7.07. The largest absolute Gasteiger partial charge is 0.484 e. The smallest absolute Gasteiger partial charge is 0.285 e. The molecule has 2 aromatic rings. The molecule has 9 heteroatoms. The molecule has 2 aliphatic heterocycles. The van der Waals surface area contributed by atoms with E-state index in [1.165, 1.54) is 16.9 Å². The summed E-state index contributed by atoms with van der Waals surface area (Å²) in [5, 5.41) is 4.66. The van der Waals surface area contributed by atoms with Gasteiger partial charge in [0.25, 0.3) is 11.8 Å². The zero-order valence-corrected chi connectivity index (χ0v) is 19.5. The normalized spacial score (nSPS) is 17.9. The first kappa shape index (κ1) is 22.7. The van der Waals surface area contributed by atoms with E-state index in [1.54, 1.807) is 0 Å². The maximum absolute atomic E-state index is 12.6. The van der Waals surface area contributed by atoms with Gasteiger partial charge in [-0.15, -0.1) is 11.3 Å². The highest BCUT2D eigenvalue weighted by Crippen LogP contribution is 2.30. The van der Waals surface area contributed by atoms with E-state index in [9.17, 15) is 9.59 Å². The Hall–Kier alpha value is -2.49. The Morgan fingerprint density at radius 2 is 1.91 bits per heavy atom. The van der Waals surface area contributed by atoms with E-state index in [-0.39, 0.29) is 24.3 Å². The first-order valence-corrected chi connectivity index (χ1v) is 11.9. The van der Waals surface area contributed by atoms with Crippen molar-refractivity contribution in [3.8, 4) is 5.75 Å². The fourth-order valence-corrected chi connectivity index (χ4v) is 4.84. The van der Waals surface area contributed by atoms with E-state index in [0.29, 0.717) is 45.1 Å². The van der Waals surface area contributed by atoms with Crippen LogP contribution in [0, 0.1) is 13.8 Å². The van der Waals surface area contributed by atoms with E-state index in [2.05, 4.69) is 17.3 Å². The molecule has 0 radical (unpaired) electrons. The van der Waals surface area contributed by atoms with Crippen molar-refractivity contribution in [1.29, 1.82) is 0 Å². The first-order chi connectivity index (χ1) is 15.5. The lowest BCUT2D eigenvalue weighted by Gasteiger charge is -2.31. The minimum atomic E-state index is -0.175. The highest BCUT2D eigenvalue weighted by Gasteiger charge is 2.27. The summed E-state index contributed by atoms with van der Waals surface area (Å²) < 4.78 is 11.0. The third-order valence-electron chi connectivity index (χ3n) is 6.06. The molecule has 0 bridgehead atoms. The van der Waals surface area contributed by atoms with Gasteiger partial charge >= 0.3 is 0 Å². The Morgan fingerprint density at radius 1 is 1.16 bits per heavy atom. The van der Waals surface area contributed by atoms with Crippen molar-refractivity contribution >= 4 is 23.2 Å². The number of ether oxygens (including phenoxy) is 2. The molecule has 32 heavy (non-hydrogen) atoms. The van der Waals surface area contributed by atoms with Gasteiger partial charge in [-0.2, -0.15) is 0 Å². The average Bonchev–Trinajstić information content (AvgIpc) is 3.31. The number of carbonyl (C=O) groups is 2. The number of piperidine rings is 1. The highest BCUT2D eigenvalue weighted by atomic mass is 32.1. The summed E-state index contributed by atoms with van der Waals surface area (Å²) >= 11 is 1.52. The summed E-state index contributed by atoms with van der Waals surface area (Å²) in [6.07, 6.45) is 1.68. The number of morpholine rings is 1. The molecule has 8 nitrogen and oxygen atoms in total. The van der Waals surface area contributed by atoms with Crippen molar-refractivity contribution in [2.24, 2.45) is 0 Å². The molecule has 0 atom stereocenters. The number of nitrogens with zero attached hydrogens (tertiary/aromatic N) is 3. The second kappa shape index (κ2) is 10.4. The van der Waals surface area contributed by atoms with Crippen molar-refractivity contribution in [3.63, 3.8) is 0 Å². The predicted molar refractivity (Wildman–Crippen MR) is 122 cm³/mol. The van der Waals surface area contributed by atoms with E-state index in [0.717, 1.165) is 29.2 Å². The van der Waals surface area contributed by atoms with Crippen LogP contribution in [0.25, 0.3) is 0 Å². The standard InChI is InChI=1S/C23H30N4O4S/c1-16-3-4-19(13-17(16)2)31-14-21(28)26-7-5-18(6-8-26)23-24-20(15-32-23)22(29)25-27-9-11-30-12-10-27/h3-4,13,15,18H,5-12,14H2,1-2H3,(H,25,29). The Morgan fingerprint density at radius 3 is 2.62 bits per heavy atom. The van der Waals surface area contributed by atoms with E-state index in [1.807, 2.05) is 40.4 Å². The van der Waals surface area contributed by atoms with Crippen molar-refractivity contribution in [3.05, 3.63) is 45.4 Å². The van der Waals surface area contributed by atoms with E-state index < -0.39 is 0 Å². The fraction of sp³-hybridized carbons (Fsp3) is 0.522. The number of hydrazine groups is 1. The lowest BCUT2D eigenvalue weighted by Crippen LogP contribution is -2.48. The zero-order chi connectivity index (χ0) is 22.5. The topological polar surface area (TPSA) is 84.0 Å². The number of likely N-dealkylation sites (tertiary alicyclic amines) is 1. The summed E-state index contributed by atoms with van der Waals surface area (Å²) in [7, 11) is 0. The quantitative estimate of drug-likeness (QED) is 0.716. The van der Waals surface area contributed by atoms with Gasteiger partial charge in [0.1, 0.15) is 11.4 Å². The minimum Gasteiger partial charge on any atom is -0.484 e. The second-order valence-electron chi connectivity index (χ2n) is 8.30. The van der Waals surface area contributed by atoms with Crippen LogP contribution in [0.2, 0.25) is 0 Å². The van der Waals surface area contributed by atoms with E-state index >= 15 is 0 Å². The molecule has 0 spiro atoms. The number of thiazole rings is 1. The van der Waals surface area contributed by atoms with Crippen molar-refractivity contribution in [2.45, 2.75) is 32.6 Å². The van der Waals surface area contributed by atoms with Gasteiger partial charge in [-0.05, 0) is 49.9 Å². The number of hydrogen-bond acceptors (Lipinski definition) is 7. The van der Waals surface area contributed by atoms with E-state index in [4.69, 9.17) is 9.47 Å². The van der Waals surface area contributed by atoms with Crippen molar-refractivity contribution < 1.29 is 19.1 Å². The summed E-state index contributed by atoms with van der Waals surface area (Å²) in [5.41, 5.74) is 5.71. The number of hydrogen-bond donors (Lipinski definition) is 1. The van der Waals surface area contributed by atoms with Crippen LogP contribution in [-0.4, -0.2) is 72.7 Å². The molecular formula is C23H30N4O4S. The van der Waals surface area contributed by atoms with Gasteiger partial charge in [0, 0.05) is 37.5 Å². The van der Waals surface area contributed by atoms with Crippen LogP contribution in [-0.2, 0) is 9.53 Å². The van der Waals surface area contributed by atoms with Crippen LogP contribution in [0.5, 0.6) is 5.75 Å². The summed E-state index contributed by atoms with van der Waals surface area (Å²) in [5.74, 6) is 0.827. The van der Waals surface area contributed by atoms with Crippen LogP contribution in [0.4, 0.5) is 0 Å². The molecule has 2 saturated heterocycles. The Kier molecular flexibility index (Phi) is 7.39. The van der Waals surface area contributed by atoms with Gasteiger partial charge in [-0.25, -0.2) is 9.99 Å². The fourth-order valence-electron chi connectivity index (χ4n) is 3.87. The molecule has 3 heterocycles. The maximum Gasteiger partial charge on any atom is 0.285 e. The minimum absolute atomic E-state index is 0.00592. The number of amides is 2. The SMILES string of the molecule is Cc1ccc(OCC(=O)N2CCC(c3nc(C(=O)NN4CCOCC4)cs3)CC2)cc1C. The molecule has 1 aromatic carbocycles. The molecule has 2 fully saturated rings. The van der Waals surface area contributed by atoms with Gasteiger partial charge in [0.2, 0.25) is 0 Å². The molecule has 1 aromatic heterocycles. The van der Waals surface area contributed by atoms with Crippen LogP contribution >= 0.6 is 11.3 Å². The first-order valence-electron chi connectivity index (χ1n) is 11.1. The predicted octanol–water partition coefficient (Wildman–Crippen LogP) is 2.52. The van der Waals surface area contributed by atoms with Crippen LogP contribution in [0.15, 0.2) is 23.6 Å². The number of aromatic nitrogens is 1. The molecule has 172 valence electrons. The van der Waals surface area contributed by atoms with Gasteiger partial charge in [-0.1, -0.05) is 6.07 Å². The molecule has 2 aliphatic rings. The number of nitrogens with one attached hydrogen (secondary N) is 1. The third kappa shape index (κ3) is 5.65. The molecule has 0 aliphatic carbocycles. The summed E-state index contributed by atoms with van der Waals surface area (Å²) in [6.45, 7) is 8.09. The molecule has 4 rings (SSSR count). The van der Waals surface area contributed by atoms with Crippen molar-refractivity contribution in [2.75, 3.05) is 46.0 Å². The van der Waals surface area contributed by atoms with Gasteiger partial charge in [0.05, 0.1) is 18.2 Å². The number of aryl methyl sites for hydroxylation is 2. The Balaban J connectivity index is 1.24. The highest BCUT2D eigenvalue weighted by molar-refractivity contribution is 7.09.